The molecule has 1 aliphatic rings. The smallest absolute Gasteiger partial charge is 0.225 e. The monoisotopic (exact) mass is 304 g/mol. The summed E-state index contributed by atoms with van der Waals surface area (Å²) in [4.78, 5) is 21.4. The Bertz CT molecular complexity index is 416. The van der Waals surface area contributed by atoms with Gasteiger partial charge in [0.05, 0.1) is 0 Å². The molecule has 0 aromatic carbocycles. The van der Waals surface area contributed by atoms with E-state index >= 15 is 0 Å². The van der Waals surface area contributed by atoms with Gasteiger partial charge in [0.15, 0.2) is 5.13 Å². The van der Waals surface area contributed by atoms with E-state index < -0.39 is 0 Å². The molecule has 7 heteroatoms. The first-order chi connectivity index (χ1) is 8.56. The average molecular weight is 305 g/mol. The Morgan fingerprint density at radius 2 is 2.05 bits per heavy atom. The number of nitrogens with zero attached hydrogens (tertiary/aromatic N) is 3. The summed E-state index contributed by atoms with van der Waals surface area (Å²) in [5, 5.41) is 0.624. The molecule has 19 heavy (non-hydrogen) atoms. The van der Waals surface area contributed by atoms with Crippen LogP contribution < -0.4 is 5.73 Å². The molecule has 1 aromatic heterocycles. The van der Waals surface area contributed by atoms with Crippen LogP contribution in [0.2, 0.25) is 0 Å². The van der Waals surface area contributed by atoms with E-state index in [1.54, 1.807) is 0 Å². The molecular weight excluding hydrogens is 284 g/mol. The lowest BCUT2D eigenvalue weighted by Crippen LogP contribution is -2.49. The van der Waals surface area contributed by atoms with Crippen molar-refractivity contribution in [2.45, 2.75) is 20.4 Å². The summed E-state index contributed by atoms with van der Waals surface area (Å²) < 4.78 is 0. The van der Waals surface area contributed by atoms with Crippen molar-refractivity contribution in [3.05, 3.63) is 11.1 Å². The van der Waals surface area contributed by atoms with Crippen LogP contribution in [-0.2, 0) is 11.3 Å². The summed E-state index contributed by atoms with van der Waals surface area (Å²) >= 11 is 1.54. The van der Waals surface area contributed by atoms with Gasteiger partial charge in [-0.25, -0.2) is 4.98 Å². The van der Waals surface area contributed by atoms with Gasteiger partial charge in [0.25, 0.3) is 0 Å². The zero-order chi connectivity index (χ0) is 13.1. The minimum absolute atomic E-state index is 0. The third kappa shape index (κ3) is 4.33. The van der Waals surface area contributed by atoms with Crippen LogP contribution in [0.5, 0.6) is 0 Å². The van der Waals surface area contributed by atoms with Gasteiger partial charge < -0.3 is 10.6 Å². The molecule has 1 aliphatic heterocycles. The van der Waals surface area contributed by atoms with E-state index in [1.807, 2.05) is 24.9 Å². The van der Waals surface area contributed by atoms with E-state index in [2.05, 4.69) is 9.88 Å². The highest BCUT2D eigenvalue weighted by molar-refractivity contribution is 7.15. The normalized spacial score (nSPS) is 16.5. The number of piperazine rings is 1. The Kier molecular flexibility index (Phi) is 6.03. The highest BCUT2D eigenvalue weighted by atomic mass is 35.5. The minimum atomic E-state index is 0. The van der Waals surface area contributed by atoms with E-state index in [0.717, 1.165) is 32.7 Å². The first-order valence-corrected chi connectivity index (χ1v) is 7.09. The molecule has 1 fully saturated rings. The predicted molar refractivity (Wildman–Crippen MR) is 80.5 cm³/mol. The number of anilines is 1. The van der Waals surface area contributed by atoms with Gasteiger partial charge in [-0.3, -0.25) is 9.69 Å². The van der Waals surface area contributed by atoms with Crippen LogP contribution in [0.15, 0.2) is 6.20 Å². The fourth-order valence-corrected chi connectivity index (χ4v) is 2.83. The number of aromatic nitrogens is 1. The number of rotatable bonds is 3. The second-order valence-corrected chi connectivity index (χ2v) is 6.07. The van der Waals surface area contributed by atoms with Gasteiger partial charge in [0, 0.05) is 49.7 Å². The Hall–Kier alpha value is -0.850. The van der Waals surface area contributed by atoms with E-state index in [1.165, 1.54) is 16.2 Å². The lowest BCUT2D eigenvalue weighted by atomic mass is 10.1. The lowest BCUT2D eigenvalue weighted by molar-refractivity contribution is -0.136. The largest absolute Gasteiger partial charge is 0.375 e. The maximum Gasteiger partial charge on any atom is 0.225 e. The summed E-state index contributed by atoms with van der Waals surface area (Å²) in [7, 11) is 0. The first-order valence-electron chi connectivity index (χ1n) is 6.27. The van der Waals surface area contributed by atoms with Crippen molar-refractivity contribution in [2.75, 3.05) is 31.9 Å². The molecule has 0 atom stereocenters. The van der Waals surface area contributed by atoms with Gasteiger partial charge in [-0.1, -0.05) is 13.8 Å². The molecule has 1 amide bonds. The highest BCUT2D eigenvalue weighted by Gasteiger charge is 2.22. The van der Waals surface area contributed by atoms with Crippen molar-refractivity contribution >= 4 is 34.8 Å². The van der Waals surface area contributed by atoms with E-state index in [-0.39, 0.29) is 24.2 Å². The molecule has 1 saturated heterocycles. The fraction of sp³-hybridized carbons (Fsp3) is 0.667. The molecule has 2 rings (SSSR count). The molecule has 0 aliphatic carbocycles. The number of nitrogens with two attached hydrogens (primary N) is 1. The molecule has 5 nitrogen and oxygen atoms in total. The Balaban J connectivity index is 0.00000180. The van der Waals surface area contributed by atoms with Gasteiger partial charge in [-0.15, -0.1) is 23.7 Å². The van der Waals surface area contributed by atoms with Crippen molar-refractivity contribution in [1.82, 2.24) is 14.8 Å². The molecule has 0 radical (unpaired) electrons. The maximum absolute atomic E-state index is 11.8. The molecule has 2 heterocycles. The lowest BCUT2D eigenvalue weighted by Gasteiger charge is -2.35. The number of carbonyl (C=O) groups excluding carboxylic acids is 1. The third-order valence-corrected chi connectivity index (χ3v) is 3.94. The molecule has 0 spiro atoms. The van der Waals surface area contributed by atoms with E-state index in [4.69, 9.17) is 5.73 Å². The molecular formula is C12H21ClN4OS. The van der Waals surface area contributed by atoms with Crippen molar-refractivity contribution in [3.63, 3.8) is 0 Å². The molecule has 0 saturated carbocycles. The third-order valence-electron chi connectivity index (χ3n) is 3.13. The van der Waals surface area contributed by atoms with Crippen LogP contribution in [0.3, 0.4) is 0 Å². The summed E-state index contributed by atoms with van der Waals surface area (Å²) in [5.41, 5.74) is 5.61. The quantitative estimate of drug-likeness (QED) is 0.918. The van der Waals surface area contributed by atoms with Crippen molar-refractivity contribution in [1.29, 1.82) is 0 Å². The number of thiazole rings is 1. The number of hydrogen-bond acceptors (Lipinski definition) is 5. The zero-order valence-corrected chi connectivity index (χ0v) is 13.0. The zero-order valence-electron chi connectivity index (χ0n) is 11.3. The van der Waals surface area contributed by atoms with Crippen LogP contribution in [0.1, 0.15) is 18.7 Å². The van der Waals surface area contributed by atoms with Crippen LogP contribution in [0.25, 0.3) is 0 Å². The van der Waals surface area contributed by atoms with Gasteiger partial charge in [-0.05, 0) is 0 Å². The summed E-state index contributed by atoms with van der Waals surface area (Å²) in [6, 6.07) is 0. The SMILES string of the molecule is CC(C)C(=O)N1CCN(Cc2cnc(N)s2)CC1.Cl. The van der Waals surface area contributed by atoms with Crippen LogP contribution in [0, 0.1) is 5.92 Å². The molecule has 108 valence electrons. The molecule has 1 aromatic rings. The Labute approximate surface area is 124 Å². The number of amides is 1. The standard InChI is InChI=1S/C12H20N4OS.ClH/c1-9(2)11(17)16-5-3-15(4-6-16)8-10-7-14-12(13)18-10;/h7,9H,3-6,8H2,1-2H3,(H2,13,14);1H. The minimum Gasteiger partial charge on any atom is -0.375 e. The summed E-state index contributed by atoms with van der Waals surface area (Å²) in [6.07, 6.45) is 1.84. The molecule has 0 bridgehead atoms. The summed E-state index contributed by atoms with van der Waals surface area (Å²) in [5.74, 6) is 0.356. The van der Waals surface area contributed by atoms with Crippen LogP contribution >= 0.6 is 23.7 Å². The second-order valence-electron chi connectivity index (χ2n) is 4.92. The highest BCUT2D eigenvalue weighted by Crippen LogP contribution is 2.17. The fourth-order valence-electron chi connectivity index (χ4n) is 2.11. The van der Waals surface area contributed by atoms with Crippen molar-refractivity contribution in [3.8, 4) is 0 Å². The summed E-state index contributed by atoms with van der Waals surface area (Å²) in [6.45, 7) is 8.30. The van der Waals surface area contributed by atoms with Gasteiger partial charge >= 0.3 is 0 Å². The van der Waals surface area contributed by atoms with Crippen LogP contribution in [-0.4, -0.2) is 46.9 Å². The van der Waals surface area contributed by atoms with Crippen molar-refractivity contribution in [2.24, 2.45) is 5.92 Å². The second kappa shape index (κ2) is 7.07. The van der Waals surface area contributed by atoms with Gasteiger partial charge in [-0.2, -0.15) is 0 Å². The van der Waals surface area contributed by atoms with Crippen molar-refractivity contribution < 1.29 is 4.79 Å². The topological polar surface area (TPSA) is 62.5 Å². The number of halogens is 1. The van der Waals surface area contributed by atoms with Gasteiger partial charge in [0.1, 0.15) is 0 Å². The van der Waals surface area contributed by atoms with Gasteiger partial charge in [0.2, 0.25) is 5.91 Å². The number of carbonyl (C=O) groups is 1. The number of nitrogen functional groups attached to an aromatic ring is 1. The Morgan fingerprint density at radius 3 is 2.53 bits per heavy atom. The first kappa shape index (κ1) is 16.2. The molecule has 0 unspecified atom stereocenters. The maximum atomic E-state index is 11.8. The number of hydrogen-bond donors (Lipinski definition) is 1. The van der Waals surface area contributed by atoms with E-state index in [0.29, 0.717) is 5.13 Å². The van der Waals surface area contributed by atoms with Crippen LogP contribution in [0.4, 0.5) is 5.13 Å². The molecule has 2 N–H and O–H groups in total. The predicted octanol–water partition coefficient (Wildman–Crippen LogP) is 1.45. The Morgan fingerprint density at radius 1 is 1.42 bits per heavy atom. The van der Waals surface area contributed by atoms with E-state index in [9.17, 15) is 4.79 Å². The average Bonchev–Trinajstić information content (AvgIpc) is 2.75.